The number of unbranched alkanes of at least 4 members (excludes halogenated alkanes) is 4. The van der Waals surface area contributed by atoms with Gasteiger partial charge in [0.25, 0.3) is 0 Å². The second kappa shape index (κ2) is 17.6. The van der Waals surface area contributed by atoms with E-state index in [-0.39, 0.29) is 13.2 Å². The minimum absolute atomic E-state index is 0.253. The first kappa shape index (κ1) is 31.4. The summed E-state index contributed by atoms with van der Waals surface area (Å²) in [5, 5.41) is 0. The van der Waals surface area contributed by atoms with E-state index in [0.29, 0.717) is 11.8 Å². The van der Waals surface area contributed by atoms with Crippen LogP contribution >= 0.6 is 45.2 Å². The summed E-state index contributed by atoms with van der Waals surface area (Å²) in [6, 6.07) is 12.9. The highest BCUT2D eigenvalue weighted by molar-refractivity contribution is 14.1. The lowest BCUT2D eigenvalue weighted by Crippen LogP contribution is -2.12. The molecule has 0 aromatic heterocycles. The highest BCUT2D eigenvalue weighted by Gasteiger charge is 2.18. The first-order valence-electron chi connectivity index (χ1n) is 13.8. The Kier molecular flexibility index (Phi) is 15.4. The van der Waals surface area contributed by atoms with Gasteiger partial charge in [-0.15, -0.1) is 0 Å². The van der Waals surface area contributed by atoms with Gasteiger partial charge in [-0.25, -0.2) is 4.79 Å². The topological polar surface area (TPSA) is 35.5 Å². The Balaban J connectivity index is 2.03. The quantitative estimate of drug-likeness (QED) is 0.0985. The largest absolute Gasteiger partial charge is 0.508 e. The van der Waals surface area contributed by atoms with Gasteiger partial charge >= 0.3 is 6.16 Å². The maximum atomic E-state index is 12.6. The molecule has 200 valence electrons. The van der Waals surface area contributed by atoms with Crippen LogP contribution in [0.2, 0.25) is 0 Å². The number of hydrogen-bond acceptors (Lipinski definition) is 3. The van der Waals surface area contributed by atoms with Gasteiger partial charge in [-0.2, -0.15) is 0 Å². The molecule has 0 aliphatic carbocycles. The van der Waals surface area contributed by atoms with E-state index in [4.69, 9.17) is 9.47 Å². The lowest BCUT2D eigenvalue weighted by Gasteiger charge is -2.21. The molecule has 0 spiro atoms. The SMILES string of the molecule is CCCCCC(CC)c1cc(I)ccc1COC(=O)OCc1ccc(I)cc1C(CC)CCCCC. The number of halogens is 2. The zero-order chi connectivity index (χ0) is 26.3. The molecule has 0 amide bonds. The van der Waals surface area contributed by atoms with Crippen LogP contribution in [0.15, 0.2) is 36.4 Å². The second-order valence-electron chi connectivity index (χ2n) is 9.72. The third-order valence-electron chi connectivity index (χ3n) is 7.08. The highest BCUT2D eigenvalue weighted by atomic mass is 127. The van der Waals surface area contributed by atoms with E-state index in [9.17, 15) is 4.79 Å². The summed E-state index contributed by atoms with van der Waals surface area (Å²) >= 11 is 4.74. The molecule has 0 aliphatic rings. The van der Waals surface area contributed by atoms with Crippen LogP contribution in [0.1, 0.15) is 126 Å². The fourth-order valence-electron chi connectivity index (χ4n) is 4.91. The number of ether oxygens (including phenoxy) is 2. The summed E-state index contributed by atoms with van der Waals surface area (Å²) in [6.07, 6.45) is 11.4. The third-order valence-corrected chi connectivity index (χ3v) is 8.43. The van der Waals surface area contributed by atoms with Gasteiger partial charge in [-0.3, -0.25) is 0 Å². The molecule has 2 aromatic rings. The van der Waals surface area contributed by atoms with Crippen LogP contribution in [0.4, 0.5) is 4.79 Å². The smallest absolute Gasteiger partial charge is 0.429 e. The van der Waals surface area contributed by atoms with Crippen molar-refractivity contribution >= 4 is 51.3 Å². The van der Waals surface area contributed by atoms with E-state index in [1.54, 1.807) is 0 Å². The average Bonchev–Trinajstić information content (AvgIpc) is 2.88. The van der Waals surface area contributed by atoms with Gasteiger partial charge in [0.2, 0.25) is 0 Å². The molecule has 3 nitrogen and oxygen atoms in total. The molecule has 2 atom stereocenters. The lowest BCUT2D eigenvalue weighted by molar-refractivity contribution is 0.0441. The van der Waals surface area contributed by atoms with Crippen molar-refractivity contribution < 1.29 is 14.3 Å². The standard InChI is InChI=1S/C31H44I2O3/c1-5-9-11-13-23(7-3)29-19-27(32)17-15-25(29)21-35-31(34)36-22-26-16-18-28(33)20-30(26)24(8-4)14-12-10-6-2/h15-20,23-24H,5-14,21-22H2,1-4H3. The molecular formula is C31H44I2O3. The summed E-state index contributed by atoms with van der Waals surface area (Å²) in [7, 11) is 0. The predicted octanol–water partition coefficient (Wildman–Crippen LogP) is 10.9. The maximum absolute atomic E-state index is 12.6. The lowest BCUT2D eigenvalue weighted by atomic mass is 9.88. The molecule has 0 heterocycles. The van der Waals surface area contributed by atoms with Gasteiger partial charge in [0.15, 0.2) is 0 Å². The van der Waals surface area contributed by atoms with Crippen molar-refractivity contribution in [2.45, 2.75) is 117 Å². The first-order chi connectivity index (χ1) is 17.4. The molecular weight excluding hydrogens is 674 g/mol. The van der Waals surface area contributed by atoms with Crippen LogP contribution in [-0.2, 0) is 22.7 Å². The van der Waals surface area contributed by atoms with Crippen LogP contribution < -0.4 is 0 Å². The van der Waals surface area contributed by atoms with Crippen molar-refractivity contribution in [2.24, 2.45) is 0 Å². The van der Waals surface area contributed by atoms with Crippen LogP contribution in [-0.4, -0.2) is 6.16 Å². The molecule has 0 saturated carbocycles. The van der Waals surface area contributed by atoms with Crippen LogP contribution in [0.3, 0.4) is 0 Å². The highest BCUT2D eigenvalue weighted by Crippen LogP contribution is 2.32. The molecule has 0 fully saturated rings. The zero-order valence-electron chi connectivity index (χ0n) is 22.6. The van der Waals surface area contributed by atoms with Crippen molar-refractivity contribution in [1.82, 2.24) is 0 Å². The summed E-state index contributed by atoms with van der Waals surface area (Å²) in [4.78, 5) is 12.6. The fourth-order valence-corrected chi connectivity index (χ4v) is 5.94. The molecule has 2 unspecified atom stereocenters. The van der Waals surface area contributed by atoms with Gasteiger partial charge < -0.3 is 9.47 Å². The van der Waals surface area contributed by atoms with Gasteiger partial charge in [0.05, 0.1) is 0 Å². The van der Waals surface area contributed by atoms with Crippen molar-refractivity contribution in [1.29, 1.82) is 0 Å². The number of carbonyl (C=O) groups excluding carboxylic acids is 1. The Morgan fingerprint density at radius 1 is 0.694 bits per heavy atom. The zero-order valence-corrected chi connectivity index (χ0v) is 26.9. The van der Waals surface area contributed by atoms with Crippen molar-refractivity contribution in [3.05, 3.63) is 65.8 Å². The Hall–Kier alpha value is -0.830. The molecule has 5 heteroatoms. The van der Waals surface area contributed by atoms with E-state index in [1.165, 1.54) is 69.6 Å². The van der Waals surface area contributed by atoms with Crippen molar-refractivity contribution in [3.63, 3.8) is 0 Å². The predicted molar refractivity (Wildman–Crippen MR) is 168 cm³/mol. The Bertz CT molecular complexity index is 855. The molecule has 36 heavy (non-hydrogen) atoms. The van der Waals surface area contributed by atoms with E-state index in [1.807, 2.05) is 0 Å². The summed E-state index contributed by atoms with van der Waals surface area (Å²) in [5.74, 6) is 0.989. The van der Waals surface area contributed by atoms with Crippen LogP contribution in [0, 0.1) is 7.14 Å². The molecule has 0 bridgehead atoms. The number of hydrogen-bond donors (Lipinski definition) is 0. The Morgan fingerprint density at radius 3 is 1.47 bits per heavy atom. The monoisotopic (exact) mass is 718 g/mol. The molecule has 2 rings (SSSR count). The van der Waals surface area contributed by atoms with E-state index in [2.05, 4.69) is 109 Å². The maximum Gasteiger partial charge on any atom is 0.508 e. The molecule has 0 aliphatic heterocycles. The van der Waals surface area contributed by atoms with Crippen LogP contribution in [0.5, 0.6) is 0 Å². The van der Waals surface area contributed by atoms with Gasteiger partial charge in [-0.05, 0) is 129 Å². The number of benzene rings is 2. The summed E-state index contributed by atoms with van der Waals surface area (Å²) < 4.78 is 13.7. The van der Waals surface area contributed by atoms with Gasteiger partial charge in [0, 0.05) is 7.14 Å². The normalized spacial score (nSPS) is 12.8. The minimum atomic E-state index is -0.595. The minimum Gasteiger partial charge on any atom is -0.429 e. The van der Waals surface area contributed by atoms with Crippen LogP contribution in [0.25, 0.3) is 0 Å². The van der Waals surface area contributed by atoms with Gasteiger partial charge in [-0.1, -0.05) is 78.4 Å². The fraction of sp³-hybridized carbons (Fsp3) is 0.581. The van der Waals surface area contributed by atoms with Crippen molar-refractivity contribution in [2.75, 3.05) is 0 Å². The summed E-state index contributed by atoms with van der Waals surface area (Å²) in [6.45, 7) is 9.49. The Morgan fingerprint density at radius 2 is 1.11 bits per heavy atom. The molecule has 0 saturated heterocycles. The molecule has 0 radical (unpaired) electrons. The van der Waals surface area contributed by atoms with Crippen molar-refractivity contribution in [3.8, 4) is 0 Å². The van der Waals surface area contributed by atoms with E-state index < -0.39 is 6.16 Å². The number of rotatable bonds is 16. The third kappa shape index (κ3) is 10.5. The van der Waals surface area contributed by atoms with E-state index >= 15 is 0 Å². The van der Waals surface area contributed by atoms with Gasteiger partial charge in [0.1, 0.15) is 13.2 Å². The summed E-state index contributed by atoms with van der Waals surface area (Å²) in [5.41, 5.74) is 4.80. The average molecular weight is 718 g/mol. The second-order valence-corrected chi connectivity index (χ2v) is 12.2. The molecule has 0 N–H and O–H groups in total. The Labute approximate surface area is 246 Å². The molecule has 2 aromatic carbocycles. The first-order valence-corrected chi connectivity index (χ1v) is 15.9. The van der Waals surface area contributed by atoms with E-state index in [0.717, 1.165) is 24.0 Å². The number of carbonyl (C=O) groups is 1.